The van der Waals surface area contributed by atoms with Crippen LogP contribution in [0.2, 0.25) is 0 Å². The Hall–Kier alpha value is -2.56. The maximum Gasteiger partial charge on any atom is 0.425 e. The lowest BCUT2D eigenvalue weighted by Gasteiger charge is -2.34. The minimum absolute atomic E-state index is 0.0167. The summed E-state index contributed by atoms with van der Waals surface area (Å²) in [6.07, 6.45) is -2.88. The van der Waals surface area contributed by atoms with Gasteiger partial charge in [-0.25, -0.2) is 28.3 Å². The van der Waals surface area contributed by atoms with Crippen molar-refractivity contribution in [2.75, 3.05) is 22.9 Å². The van der Waals surface area contributed by atoms with Crippen molar-refractivity contribution in [3.63, 3.8) is 0 Å². The molecule has 0 bridgehead atoms. The summed E-state index contributed by atoms with van der Waals surface area (Å²) in [4.78, 5) is 36.0. The molecule has 3 rings (SSSR count). The summed E-state index contributed by atoms with van der Waals surface area (Å²) in [6, 6.07) is 4.77. The van der Waals surface area contributed by atoms with E-state index in [1.807, 2.05) is 20.8 Å². The summed E-state index contributed by atoms with van der Waals surface area (Å²) in [7, 11) is 0. The molecule has 1 N–H and O–H groups in total. The highest BCUT2D eigenvalue weighted by Gasteiger charge is 2.37. The Balaban J connectivity index is 2.03. The quantitative estimate of drug-likeness (QED) is 0.442. The molecular weight excluding hydrogens is 514 g/mol. The molecule has 0 aliphatic carbocycles. The minimum atomic E-state index is -2.77. The average molecular weight is 543 g/mol. The van der Waals surface area contributed by atoms with Gasteiger partial charge in [-0.2, -0.15) is 4.90 Å². The SMILES string of the molecule is CC(C)(C)CC(C)(C)OC(=O)N(C(=O)O)c1cc2ccc(Br)nc2c(N2CCC(F)(F)CC2)n1. The zero-order chi connectivity index (χ0) is 25.5. The number of carbonyl (C=O) groups excluding carboxylic acids is 1. The zero-order valence-corrected chi connectivity index (χ0v) is 21.4. The molecule has 11 heteroatoms. The highest BCUT2D eigenvalue weighted by atomic mass is 79.9. The number of anilines is 2. The number of fused-ring (bicyclic) bond motifs is 1. The van der Waals surface area contributed by atoms with E-state index in [-0.39, 0.29) is 43.0 Å². The summed E-state index contributed by atoms with van der Waals surface area (Å²) in [5.74, 6) is -2.72. The minimum Gasteiger partial charge on any atom is -0.464 e. The van der Waals surface area contributed by atoms with Crippen LogP contribution >= 0.6 is 15.9 Å². The first-order valence-electron chi connectivity index (χ1n) is 10.9. The Morgan fingerprint density at radius 2 is 1.79 bits per heavy atom. The van der Waals surface area contributed by atoms with Crippen LogP contribution in [0, 0.1) is 5.41 Å². The van der Waals surface area contributed by atoms with Crippen molar-refractivity contribution < 1.29 is 28.2 Å². The summed E-state index contributed by atoms with van der Waals surface area (Å²) in [5.41, 5.74) is -0.690. The molecule has 34 heavy (non-hydrogen) atoms. The van der Waals surface area contributed by atoms with Crippen molar-refractivity contribution in [3.05, 3.63) is 22.8 Å². The molecule has 186 valence electrons. The molecule has 3 heterocycles. The number of hydrogen-bond donors (Lipinski definition) is 1. The fourth-order valence-corrected chi connectivity index (χ4v) is 4.63. The number of imide groups is 1. The van der Waals surface area contributed by atoms with E-state index in [1.165, 1.54) is 6.07 Å². The number of piperidine rings is 1. The summed E-state index contributed by atoms with van der Waals surface area (Å²) < 4.78 is 33.6. The highest BCUT2D eigenvalue weighted by molar-refractivity contribution is 9.10. The number of pyridine rings is 2. The van der Waals surface area contributed by atoms with E-state index < -0.39 is 23.7 Å². The molecule has 0 aromatic carbocycles. The number of carboxylic acid groups (broad SMARTS) is 1. The first kappa shape index (κ1) is 26.1. The molecule has 2 aromatic rings. The molecule has 0 unspecified atom stereocenters. The topological polar surface area (TPSA) is 95.9 Å². The first-order valence-corrected chi connectivity index (χ1v) is 11.7. The fourth-order valence-electron chi connectivity index (χ4n) is 4.32. The molecule has 1 fully saturated rings. The standard InChI is InChI=1S/C23H29BrF2N4O4/c1-21(2,3)13-22(4,5)34-20(33)30(19(31)32)16-12-14-6-7-15(24)27-17(14)18(28-16)29-10-8-23(25,26)9-11-29/h6-7,12H,8-11,13H2,1-5H3,(H,31,32). The number of ether oxygens (including phenoxy) is 1. The van der Waals surface area contributed by atoms with E-state index in [0.29, 0.717) is 26.8 Å². The van der Waals surface area contributed by atoms with Gasteiger partial charge in [-0.15, -0.1) is 0 Å². The smallest absolute Gasteiger partial charge is 0.425 e. The highest BCUT2D eigenvalue weighted by Crippen LogP contribution is 2.35. The summed E-state index contributed by atoms with van der Waals surface area (Å²) >= 11 is 3.30. The molecular formula is C23H29BrF2N4O4. The van der Waals surface area contributed by atoms with Crippen LogP contribution in [0.25, 0.3) is 10.9 Å². The second-order valence-electron chi connectivity index (χ2n) is 10.3. The van der Waals surface area contributed by atoms with E-state index >= 15 is 0 Å². The third-order valence-corrected chi connectivity index (χ3v) is 5.77. The molecule has 0 saturated carbocycles. The van der Waals surface area contributed by atoms with Gasteiger partial charge in [-0.1, -0.05) is 20.8 Å². The van der Waals surface area contributed by atoms with Crippen molar-refractivity contribution in [1.29, 1.82) is 0 Å². The second kappa shape index (κ2) is 9.24. The number of nitrogens with zero attached hydrogens (tertiary/aromatic N) is 4. The molecule has 0 radical (unpaired) electrons. The number of carbonyl (C=O) groups is 2. The van der Waals surface area contributed by atoms with Crippen LogP contribution in [0.3, 0.4) is 0 Å². The second-order valence-corrected chi connectivity index (χ2v) is 11.1. The number of hydrogen-bond acceptors (Lipinski definition) is 6. The summed E-state index contributed by atoms with van der Waals surface area (Å²) in [6.45, 7) is 9.42. The van der Waals surface area contributed by atoms with Gasteiger partial charge in [0.15, 0.2) is 11.6 Å². The zero-order valence-electron chi connectivity index (χ0n) is 19.9. The molecule has 0 spiro atoms. The Kier molecular flexibility index (Phi) is 7.08. The number of aromatic nitrogens is 2. The fraction of sp³-hybridized carbons (Fsp3) is 0.565. The van der Waals surface area contributed by atoms with Gasteiger partial charge in [0.1, 0.15) is 15.7 Å². The van der Waals surface area contributed by atoms with E-state index in [2.05, 4.69) is 25.9 Å². The number of alkyl halides is 2. The average Bonchev–Trinajstić information content (AvgIpc) is 2.65. The Bertz CT molecular complexity index is 1090. The lowest BCUT2D eigenvalue weighted by molar-refractivity contribution is -0.0221. The van der Waals surface area contributed by atoms with Gasteiger partial charge in [0, 0.05) is 31.3 Å². The molecule has 2 aromatic heterocycles. The van der Waals surface area contributed by atoms with Gasteiger partial charge in [-0.3, -0.25) is 0 Å². The lowest BCUT2D eigenvalue weighted by atomic mass is 9.84. The third kappa shape index (κ3) is 6.31. The van der Waals surface area contributed by atoms with Crippen LogP contribution in [0.1, 0.15) is 53.9 Å². The number of halogens is 3. The van der Waals surface area contributed by atoms with Gasteiger partial charge >= 0.3 is 12.2 Å². The Labute approximate surface area is 205 Å². The Morgan fingerprint density at radius 1 is 1.18 bits per heavy atom. The maximum absolute atomic E-state index is 13.7. The van der Waals surface area contributed by atoms with Crippen molar-refractivity contribution in [1.82, 2.24) is 9.97 Å². The monoisotopic (exact) mass is 542 g/mol. The van der Waals surface area contributed by atoms with Crippen LogP contribution in [-0.4, -0.2) is 51.9 Å². The molecule has 0 atom stereocenters. The van der Waals surface area contributed by atoms with E-state index in [1.54, 1.807) is 30.9 Å². The molecule has 2 amide bonds. The van der Waals surface area contributed by atoms with Crippen LogP contribution in [-0.2, 0) is 4.74 Å². The van der Waals surface area contributed by atoms with Crippen LogP contribution in [0.15, 0.2) is 22.8 Å². The third-order valence-electron chi connectivity index (χ3n) is 5.33. The molecule has 8 nitrogen and oxygen atoms in total. The van der Waals surface area contributed by atoms with Crippen LogP contribution in [0.5, 0.6) is 0 Å². The van der Waals surface area contributed by atoms with Crippen LogP contribution in [0.4, 0.5) is 30.0 Å². The van der Waals surface area contributed by atoms with Gasteiger partial charge in [0.05, 0.1) is 0 Å². The lowest BCUT2D eigenvalue weighted by Crippen LogP contribution is -2.43. The molecule has 1 aliphatic rings. The Morgan fingerprint density at radius 3 is 2.35 bits per heavy atom. The van der Waals surface area contributed by atoms with Gasteiger partial charge in [0.25, 0.3) is 5.92 Å². The van der Waals surface area contributed by atoms with Crippen molar-refractivity contribution in [3.8, 4) is 0 Å². The van der Waals surface area contributed by atoms with E-state index in [0.717, 1.165) is 0 Å². The molecule has 1 saturated heterocycles. The predicted octanol–water partition coefficient (Wildman–Crippen LogP) is 6.46. The van der Waals surface area contributed by atoms with E-state index in [4.69, 9.17) is 4.74 Å². The number of rotatable bonds is 4. The van der Waals surface area contributed by atoms with Gasteiger partial charge < -0.3 is 14.7 Å². The van der Waals surface area contributed by atoms with Gasteiger partial charge in [0.2, 0.25) is 0 Å². The molecule has 1 aliphatic heterocycles. The van der Waals surface area contributed by atoms with Crippen LogP contribution < -0.4 is 9.80 Å². The maximum atomic E-state index is 13.7. The van der Waals surface area contributed by atoms with Crippen molar-refractivity contribution >= 4 is 50.7 Å². The largest absolute Gasteiger partial charge is 0.464 e. The van der Waals surface area contributed by atoms with Crippen molar-refractivity contribution in [2.45, 2.75) is 65.4 Å². The normalized spacial score (nSPS) is 16.4. The van der Waals surface area contributed by atoms with Crippen molar-refractivity contribution in [2.24, 2.45) is 5.41 Å². The van der Waals surface area contributed by atoms with Gasteiger partial charge in [-0.05, 0) is 59.8 Å². The predicted molar refractivity (Wildman–Crippen MR) is 129 cm³/mol. The summed E-state index contributed by atoms with van der Waals surface area (Å²) in [5, 5.41) is 10.4. The first-order chi connectivity index (χ1) is 15.6. The number of amides is 2. The van der Waals surface area contributed by atoms with E-state index in [9.17, 15) is 23.5 Å².